The van der Waals surface area contributed by atoms with Gasteiger partial charge in [-0.1, -0.05) is 12.1 Å². The van der Waals surface area contributed by atoms with Crippen molar-refractivity contribution in [3.05, 3.63) is 29.8 Å². The van der Waals surface area contributed by atoms with E-state index in [1.807, 2.05) is 29.2 Å². The van der Waals surface area contributed by atoms with Crippen molar-refractivity contribution in [3.8, 4) is 5.75 Å². The number of nitrogens with zero attached hydrogens (tertiary/aromatic N) is 1. The Morgan fingerprint density at radius 2 is 2.19 bits per heavy atom. The number of carbonyl (C=O) groups is 1. The molecule has 0 aliphatic carbocycles. The van der Waals surface area contributed by atoms with Gasteiger partial charge in [0.1, 0.15) is 18.4 Å². The van der Waals surface area contributed by atoms with Crippen LogP contribution in [0.3, 0.4) is 0 Å². The smallest absolute Gasteiger partial charge is 0.325 e. The van der Waals surface area contributed by atoms with Gasteiger partial charge in [0.05, 0.1) is 20.3 Å². The van der Waals surface area contributed by atoms with E-state index >= 15 is 0 Å². The number of rotatable bonds is 6. The zero-order chi connectivity index (χ0) is 15.1. The van der Waals surface area contributed by atoms with Gasteiger partial charge in [0.2, 0.25) is 0 Å². The average Bonchev–Trinajstić information content (AvgIpc) is 2.55. The molecule has 1 heterocycles. The van der Waals surface area contributed by atoms with E-state index in [0.717, 1.165) is 11.3 Å². The van der Waals surface area contributed by atoms with Crippen molar-refractivity contribution in [1.82, 2.24) is 4.90 Å². The molecule has 1 aromatic carbocycles. The molecule has 1 aromatic rings. The topological polar surface area (TPSA) is 74.0 Å². The van der Waals surface area contributed by atoms with Crippen LogP contribution in [0, 0.1) is 0 Å². The first-order valence-electron chi connectivity index (χ1n) is 7.06. The third-order valence-corrected chi connectivity index (χ3v) is 3.52. The van der Waals surface area contributed by atoms with Crippen LogP contribution in [0.5, 0.6) is 5.75 Å². The maximum atomic E-state index is 11.7. The van der Waals surface area contributed by atoms with Gasteiger partial charge in [-0.2, -0.15) is 0 Å². The Morgan fingerprint density at radius 3 is 2.86 bits per heavy atom. The second-order valence-electron chi connectivity index (χ2n) is 4.85. The number of nitrogens with two attached hydrogens (primary N) is 1. The average molecular weight is 294 g/mol. The largest absolute Gasteiger partial charge is 0.492 e. The first-order valence-corrected chi connectivity index (χ1v) is 7.06. The molecule has 21 heavy (non-hydrogen) atoms. The van der Waals surface area contributed by atoms with Crippen LogP contribution in [0.25, 0.3) is 0 Å². The first-order chi connectivity index (χ1) is 10.2. The quantitative estimate of drug-likeness (QED) is 0.766. The van der Waals surface area contributed by atoms with E-state index in [9.17, 15) is 4.79 Å². The minimum atomic E-state index is -0.341. The Bertz CT molecular complexity index is 449. The van der Waals surface area contributed by atoms with Crippen LogP contribution >= 0.6 is 0 Å². The Kier molecular flexibility index (Phi) is 5.98. The SMILES string of the molecule is COC(=O)C1COCCN1CCOc1ccc(CN)cc1. The normalized spacial score (nSPS) is 19.2. The summed E-state index contributed by atoms with van der Waals surface area (Å²) in [5.41, 5.74) is 6.62. The second-order valence-corrected chi connectivity index (χ2v) is 4.85. The number of hydrogen-bond acceptors (Lipinski definition) is 6. The molecule has 1 aliphatic rings. The van der Waals surface area contributed by atoms with Crippen molar-refractivity contribution in [2.24, 2.45) is 5.73 Å². The predicted octanol–water partition coefficient (Wildman–Crippen LogP) is 0.398. The summed E-state index contributed by atoms with van der Waals surface area (Å²) in [5.74, 6) is 0.539. The lowest BCUT2D eigenvalue weighted by Gasteiger charge is -2.33. The van der Waals surface area contributed by atoms with E-state index in [4.69, 9.17) is 19.9 Å². The number of carbonyl (C=O) groups excluding carboxylic acids is 1. The van der Waals surface area contributed by atoms with Gasteiger partial charge < -0.3 is 19.9 Å². The molecule has 6 nitrogen and oxygen atoms in total. The summed E-state index contributed by atoms with van der Waals surface area (Å²) in [5, 5.41) is 0. The zero-order valence-electron chi connectivity index (χ0n) is 12.3. The Balaban J connectivity index is 1.81. The molecule has 0 saturated carbocycles. The van der Waals surface area contributed by atoms with Gasteiger partial charge in [-0.3, -0.25) is 9.69 Å². The minimum absolute atomic E-state index is 0.262. The maximum absolute atomic E-state index is 11.7. The molecular formula is C15H22N2O4. The van der Waals surface area contributed by atoms with Crippen molar-refractivity contribution < 1.29 is 19.0 Å². The Morgan fingerprint density at radius 1 is 1.43 bits per heavy atom. The van der Waals surface area contributed by atoms with E-state index in [-0.39, 0.29) is 12.0 Å². The van der Waals surface area contributed by atoms with E-state index in [0.29, 0.717) is 39.5 Å². The highest BCUT2D eigenvalue weighted by atomic mass is 16.5. The number of esters is 1. The summed E-state index contributed by atoms with van der Waals surface area (Å²) in [6.45, 7) is 3.39. The molecule has 2 rings (SSSR count). The summed E-state index contributed by atoms with van der Waals surface area (Å²) in [6, 6.07) is 7.35. The summed E-state index contributed by atoms with van der Waals surface area (Å²) in [7, 11) is 1.39. The fourth-order valence-electron chi connectivity index (χ4n) is 2.26. The van der Waals surface area contributed by atoms with Crippen molar-refractivity contribution >= 4 is 5.97 Å². The van der Waals surface area contributed by atoms with E-state index in [2.05, 4.69) is 0 Å². The van der Waals surface area contributed by atoms with Gasteiger partial charge in [-0.05, 0) is 17.7 Å². The standard InChI is InChI=1S/C15H22N2O4/c1-19-15(18)14-11-20-8-6-17(14)7-9-21-13-4-2-12(10-16)3-5-13/h2-5,14H,6-11,16H2,1H3. The monoisotopic (exact) mass is 294 g/mol. The third-order valence-electron chi connectivity index (χ3n) is 3.52. The zero-order valence-corrected chi connectivity index (χ0v) is 12.3. The Labute approximate surface area is 124 Å². The molecule has 1 saturated heterocycles. The summed E-state index contributed by atoms with van der Waals surface area (Å²) in [6.07, 6.45) is 0. The maximum Gasteiger partial charge on any atom is 0.325 e. The highest BCUT2D eigenvalue weighted by Crippen LogP contribution is 2.13. The van der Waals surface area contributed by atoms with Gasteiger partial charge in [0, 0.05) is 19.6 Å². The van der Waals surface area contributed by atoms with Crippen LogP contribution < -0.4 is 10.5 Å². The lowest BCUT2D eigenvalue weighted by atomic mass is 10.2. The first kappa shape index (κ1) is 15.8. The molecule has 116 valence electrons. The van der Waals surface area contributed by atoms with Gasteiger partial charge >= 0.3 is 5.97 Å². The summed E-state index contributed by atoms with van der Waals surface area (Å²) in [4.78, 5) is 13.7. The molecule has 1 fully saturated rings. The number of benzene rings is 1. The third kappa shape index (κ3) is 4.42. The molecule has 1 atom stereocenters. The van der Waals surface area contributed by atoms with Gasteiger partial charge in [0.25, 0.3) is 0 Å². The fourth-order valence-corrected chi connectivity index (χ4v) is 2.26. The van der Waals surface area contributed by atoms with Gasteiger partial charge in [-0.15, -0.1) is 0 Å². The van der Waals surface area contributed by atoms with Gasteiger partial charge in [0.15, 0.2) is 0 Å². The minimum Gasteiger partial charge on any atom is -0.492 e. The van der Waals surface area contributed by atoms with Crippen LogP contribution in [0.15, 0.2) is 24.3 Å². The lowest BCUT2D eigenvalue weighted by molar-refractivity contribution is -0.153. The van der Waals surface area contributed by atoms with Crippen molar-refractivity contribution in [2.75, 3.05) is 40.0 Å². The van der Waals surface area contributed by atoms with Crippen LogP contribution in [0.1, 0.15) is 5.56 Å². The van der Waals surface area contributed by atoms with Crippen molar-refractivity contribution in [3.63, 3.8) is 0 Å². The molecule has 0 amide bonds. The molecule has 0 spiro atoms. The highest BCUT2D eigenvalue weighted by Gasteiger charge is 2.29. The lowest BCUT2D eigenvalue weighted by Crippen LogP contribution is -2.51. The molecule has 6 heteroatoms. The fraction of sp³-hybridized carbons (Fsp3) is 0.533. The molecule has 0 bridgehead atoms. The van der Waals surface area contributed by atoms with E-state index < -0.39 is 0 Å². The van der Waals surface area contributed by atoms with E-state index in [1.54, 1.807) is 0 Å². The van der Waals surface area contributed by atoms with Crippen LogP contribution in [0.2, 0.25) is 0 Å². The van der Waals surface area contributed by atoms with Gasteiger partial charge in [-0.25, -0.2) is 0 Å². The number of morpholine rings is 1. The molecular weight excluding hydrogens is 272 g/mol. The summed E-state index contributed by atoms with van der Waals surface area (Å²) < 4.78 is 15.8. The molecule has 0 radical (unpaired) electrons. The molecule has 1 aliphatic heterocycles. The molecule has 1 unspecified atom stereocenters. The summed E-state index contributed by atoms with van der Waals surface area (Å²) >= 11 is 0. The second kappa shape index (κ2) is 7.97. The predicted molar refractivity (Wildman–Crippen MR) is 78.0 cm³/mol. The van der Waals surface area contributed by atoms with Crippen molar-refractivity contribution in [1.29, 1.82) is 0 Å². The van der Waals surface area contributed by atoms with Crippen molar-refractivity contribution in [2.45, 2.75) is 12.6 Å². The van der Waals surface area contributed by atoms with Crippen LogP contribution in [-0.4, -0.2) is 56.9 Å². The molecule has 0 aromatic heterocycles. The van der Waals surface area contributed by atoms with Crippen LogP contribution in [-0.2, 0) is 20.8 Å². The van der Waals surface area contributed by atoms with E-state index in [1.165, 1.54) is 7.11 Å². The molecule has 2 N–H and O–H groups in total. The number of ether oxygens (including phenoxy) is 3. The van der Waals surface area contributed by atoms with Crippen LogP contribution in [0.4, 0.5) is 0 Å². The number of methoxy groups -OCH3 is 1. The number of hydrogen-bond donors (Lipinski definition) is 1. The highest BCUT2D eigenvalue weighted by molar-refractivity contribution is 5.75. The Hall–Kier alpha value is -1.63.